The van der Waals surface area contributed by atoms with E-state index < -0.39 is 0 Å². The second kappa shape index (κ2) is 7.11. The van der Waals surface area contributed by atoms with Crippen molar-refractivity contribution in [2.75, 3.05) is 31.2 Å². The molecule has 0 aliphatic carbocycles. The first kappa shape index (κ1) is 13.8. The number of benzene rings is 1. The molecule has 0 saturated carbocycles. The number of carbonyl (C=O) groups is 1. The SMILES string of the molecule is NCCCN(C(=O)NC1CCOC1)c1ccccc1. The lowest BCUT2D eigenvalue weighted by Gasteiger charge is -2.24. The molecule has 1 saturated heterocycles. The van der Waals surface area contributed by atoms with Crippen molar-refractivity contribution in [2.45, 2.75) is 18.9 Å². The van der Waals surface area contributed by atoms with Crippen molar-refractivity contribution in [3.05, 3.63) is 30.3 Å². The Morgan fingerprint density at radius 1 is 1.42 bits per heavy atom. The van der Waals surface area contributed by atoms with Gasteiger partial charge < -0.3 is 15.8 Å². The molecule has 104 valence electrons. The highest BCUT2D eigenvalue weighted by Gasteiger charge is 2.21. The van der Waals surface area contributed by atoms with Crippen LogP contribution in [-0.4, -0.2) is 38.4 Å². The summed E-state index contributed by atoms with van der Waals surface area (Å²) in [5.41, 5.74) is 6.44. The van der Waals surface area contributed by atoms with Crippen LogP contribution in [0.25, 0.3) is 0 Å². The standard InChI is InChI=1S/C14H21N3O2/c15-8-4-9-17(13-5-2-1-3-6-13)14(18)16-12-7-10-19-11-12/h1-3,5-6,12H,4,7-11,15H2,(H,16,18). The number of rotatable bonds is 5. The third kappa shape index (κ3) is 3.94. The number of carbonyl (C=O) groups excluding carboxylic acids is 1. The van der Waals surface area contributed by atoms with Gasteiger partial charge in [-0.05, 0) is 31.5 Å². The molecular formula is C14H21N3O2. The van der Waals surface area contributed by atoms with Gasteiger partial charge >= 0.3 is 6.03 Å². The Bertz CT molecular complexity index is 391. The lowest BCUT2D eigenvalue weighted by molar-refractivity contribution is 0.189. The number of para-hydroxylation sites is 1. The monoisotopic (exact) mass is 263 g/mol. The van der Waals surface area contributed by atoms with Gasteiger partial charge in [-0.15, -0.1) is 0 Å². The molecule has 1 aliphatic rings. The van der Waals surface area contributed by atoms with Gasteiger partial charge in [-0.1, -0.05) is 18.2 Å². The van der Waals surface area contributed by atoms with Gasteiger partial charge in [0.1, 0.15) is 0 Å². The molecule has 3 N–H and O–H groups in total. The van der Waals surface area contributed by atoms with E-state index in [1.54, 1.807) is 4.90 Å². The molecule has 0 radical (unpaired) electrons. The molecular weight excluding hydrogens is 242 g/mol. The van der Waals surface area contributed by atoms with Crippen LogP contribution in [0, 0.1) is 0 Å². The minimum Gasteiger partial charge on any atom is -0.379 e. The van der Waals surface area contributed by atoms with Gasteiger partial charge in [0.25, 0.3) is 0 Å². The molecule has 0 aromatic heterocycles. The summed E-state index contributed by atoms with van der Waals surface area (Å²) in [6.45, 7) is 2.52. The van der Waals surface area contributed by atoms with Gasteiger partial charge in [0, 0.05) is 18.8 Å². The van der Waals surface area contributed by atoms with E-state index in [2.05, 4.69) is 5.32 Å². The van der Waals surface area contributed by atoms with Crippen LogP contribution in [-0.2, 0) is 4.74 Å². The fourth-order valence-electron chi connectivity index (χ4n) is 2.11. The van der Waals surface area contributed by atoms with E-state index in [1.165, 1.54) is 0 Å². The van der Waals surface area contributed by atoms with Crippen LogP contribution < -0.4 is 16.0 Å². The quantitative estimate of drug-likeness (QED) is 0.842. The predicted molar refractivity (Wildman–Crippen MR) is 75.2 cm³/mol. The summed E-state index contributed by atoms with van der Waals surface area (Å²) in [4.78, 5) is 14.1. The van der Waals surface area contributed by atoms with Crippen LogP contribution in [0.4, 0.5) is 10.5 Å². The first-order valence-corrected chi connectivity index (χ1v) is 6.72. The average molecular weight is 263 g/mol. The number of amides is 2. The molecule has 2 rings (SSSR count). The lowest BCUT2D eigenvalue weighted by atomic mass is 10.2. The van der Waals surface area contributed by atoms with Crippen LogP contribution in [0.1, 0.15) is 12.8 Å². The van der Waals surface area contributed by atoms with E-state index in [1.807, 2.05) is 30.3 Å². The summed E-state index contributed by atoms with van der Waals surface area (Å²) >= 11 is 0. The Balaban J connectivity index is 2.01. The summed E-state index contributed by atoms with van der Waals surface area (Å²) in [6.07, 6.45) is 1.66. The van der Waals surface area contributed by atoms with Crippen LogP contribution in [0.2, 0.25) is 0 Å². The summed E-state index contributed by atoms with van der Waals surface area (Å²) in [5, 5.41) is 3.01. The van der Waals surface area contributed by atoms with E-state index in [9.17, 15) is 4.79 Å². The van der Waals surface area contributed by atoms with Gasteiger partial charge in [0.15, 0.2) is 0 Å². The molecule has 0 bridgehead atoms. The van der Waals surface area contributed by atoms with Crippen molar-refractivity contribution in [3.8, 4) is 0 Å². The molecule has 1 heterocycles. The van der Waals surface area contributed by atoms with Crippen LogP contribution in [0.15, 0.2) is 30.3 Å². The Labute approximate surface area is 113 Å². The van der Waals surface area contributed by atoms with Crippen LogP contribution in [0.3, 0.4) is 0 Å². The zero-order valence-electron chi connectivity index (χ0n) is 11.0. The maximum atomic E-state index is 12.3. The minimum absolute atomic E-state index is 0.0739. The van der Waals surface area contributed by atoms with E-state index in [4.69, 9.17) is 10.5 Å². The van der Waals surface area contributed by atoms with E-state index in [0.717, 1.165) is 25.1 Å². The summed E-state index contributed by atoms with van der Waals surface area (Å²) in [5.74, 6) is 0. The lowest BCUT2D eigenvalue weighted by Crippen LogP contribution is -2.46. The predicted octanol–water partition coefficient (Wildman–Crippen LogP) is 1.34. The smallest absolute Gasteiger partial charge is 0.322 e. The normalized spacial score (nSPS) is 18.3. The van der Waals surface area contributed by atoms with Gasteiger partial charge in [-0.3, -0.25) is 4.90 Å². The van der Waals surface area contributed by atoms with Crippen molar-refractivity contribution >= 4 is 11.7 Å². The second-order valence-electron chi connectivity index (χ2n) is 4.64. The van der Waals surface area contributed by atoms with Crippen LogP contribution >= 0.6 is 0 Å². The van der Waals surface area contributed by atoms with E-state index in [-0.39, 0.29) is 12.1 Å². The zero-order valence-corrected chi connectivity index (χ0v) is 11.0. The number of hydrogen-bond donors (Lipinski definition) is 2. The first-order valence-electron chi connectivity index (χ1n) is 6.72. The summed E-state index contributed by atoms with van der Waals surface area (Å²) < 4.78 is 5.27. The Morgan fingerprint density at radius 2 is 2.21 bits per heavy atom. The highest BCUT2D eigenvalue weighted by molar-refractivity contribution is 5.92. The summed E-state index contributed by atoms with van der Waals surface area (Å²) in [7, 11) is 0. The number of anilines is 1. The number of ether oxygens (including phenoxy) is 1. The molecule has 0 spiro atoms. The molecule has 5 heteroatoms. The molecule has 1 aromatic rings. The molecule has 1 fully saturated rings. The topological polar surface area (TPSA) is 67.6 Å². The van der Waals surface area contributed by atoms with E-state index in [0.29, 0.717) is 19.7 Å². The zero-order chi connectivity index (χ0) is 13.5. The number of urea groups is 1. The molecule has 2 amide bonds. The fourth-order valence-corrected chi connectivity index (χ4v) is 2.11. The largest absolute Gasteiger partial charge is 0.379 e. The van der Waals surface area contributed by atoms with Crippen molar-refractivity contribution in [2.24, 2.45) is 5.73 Å². The van der Waals surface area contributed by atoms with Gasteiger partial charge in [-0.2, -0.15) is 0 Å². The van der Waals surface area contributed by atoms with Crippen molar-refractivity contribution in [3.63, 3.8) is 0 Å². The maximum absolute atomic E-state index is 12.3. The summed E-state index contributed by atoms with van der Waals surface area (Å²) in [6, 6.07) is 9.70. The van der Waals surface area contributed by atoms with Crippen molar-refractivity contribution < 1.29 is 9.53 Å². The Hall–Kier alpha value is -1.59. The van der Waals surface area contributed by atoms with Gasteiger partial charge in [0.2, 0.25) is 0 Å². The minimum atomic E-state index is -0.0739. The number of nitrogens with one attached hydrogen (secondary N) is 1. The first-order chi connectivity index (χ1) is 9.31. The third-order valence-corrected chi connectivity index (χ3v) is 3.16. The van der Waals surface area contributed by atoms with E-state index >= 15 is 0 Å². The van der Waals surface area contributed by atoms with Crippen molar-refractivity contribution in [1.29, 1.82) is 0 Å². The molecule has 1 aliphatic heterocycles. The molecule has 1 atom stereocenters. The van der Waals surface area contributed by atoms with Gasteiger partial charge in [-0.25, -0.2) is 4.79 Å². The highest BCUT2D eigenvalue weighted by Crippen LogP contribution is 2.14. The highest BCUT2D eigenvalue weighted by atomic mass is 16.5. The molecule has 1 aromatic carbocycles. The van der Waals surface area contributed by atoms with Crippen LogP contribution in [0.5, 0.6) is 0 Å². The number of nitrogens with zero attached hydrogens (tertiary/aromatic N) is 1. The fraction of sp³-hybridized carbons (Fsp3) is 0.500. The number of nitrogens with two attached hydrogens (primary N) is 1. The Morgan fingerprint density at radius 3 is 2.84 bits per heavy atom. The third-order valence-electron chi connectivity index (χ3n) is 3.16. The second-order valence-corrected chi connectivity index (χ2v) is 4.64. The Kier molecular flexibility index (Phi) is 5.18. The average Bonchev–Trinajstić information content (AvgIpc) is 2.93. The number of hydrogen-bond acceptors (Lipinski definition) is 3. The molecule has 5 nitrogen and oxygen atoms in total. The maximum Gasteiger partial charge on any atom is 0.322 e. The molecule has 1 unspecified atom stereocenters. The van der Waals surface area contributed by atoms with Crippen molar-refractivity contribution in [1.82, 2.24) is 5.32 Å². The van der Waals surface area contributed by atoms with Gasteiger partial charge in [0.05, 0.1) is 12.6 Å². The molecule has 19 heavy (non-hydrogen) atoms.